The molecule has 1 aromatic carbocycles. The van der Waals surface area contributed by atoms with Crippen molar-refractivity contribution >= 4 is 17.7 Å². The van der Waals surface area contributed by atoms with E-state index in [1.165, 1.54) is 12.8 Å². The molecule has 0 bridgehead atoms. The van der Waals surface area contributed by atoms with Crippen molar-refractivity contribution in [2.75, 3.05) is 26.7 Å². The van der Waals surface area contributed by atoms with Crippen molar-refractivity contribution in [2.45, 2.75) is 58.7 Å². The summed E-state index contributed by atoms with van der Waals surface area (Å²) in [6, 6.07) is 7.82. The van der Waals surface area contributed by atoms with Crippen LogP contribution in [-0.4, -0.2) is 58.5 Å². The molecule has 2 aromatic rings. The maximum absolute atomic E-state index is 12.4. The number of ether oxygens (including phenoxy) is 2. The van der Waals surface area contributed by atoms with Crippen molar-refractivity contribution in [1.82, 2.24) is 19.6 Å². The summed E-state index contributed by atoms with van der Waals surface area (Å²) in [4.78, 5) is 16.5. The maximum Gasteiger partial charge on any atom is 0.416 e. The quantitative estimate of drug-likeness (QED) is 0.569. The molecule has 174 valence electrons. The van der Waals surface area contributed by atoms with Gasteiger partial charge in [0.05, 0.1) is 11.8 Å². The second kappa shape index (κ2) is 10.1. The molecule has 2 fully saturated rings. The Bertz CT molecular complexity index is 935. The second-order valence-electron chi connectivity index (χ2n) is 9.00. The van der Waals surface area contributed by atoms with Crippen LogP contribution >= 0.6 is 11.6 Å². The second-order valence-corrected chi connectivity index (χ2v) is 9.41. The summed E-state index contributed by atoms with van der Waals surface area (Å²) in [7, 11) is 1.77. The molecule has 2 heterocycles. The van der Waals surface area contributed by atoms with E-state index in [1.54, 1.807) is 22.7 Å². The van der Waals surface area contributed by atoms with Gasteiger partial charge >= 0.3 is 6.09 Å². The van der Waals surface area contributed by atoms with Gasteiger partial charge in [-0.25, -0.2) is 9.48 Å². The van der Waals surface area contributed by atoms with Crippen LogP contribution in [0.2, 0.25) is 5.02 Å². The van der Waals surface area contributed by atoms with E-state index in [-0.39, 0.29) is 12.2 Å². The van der Waals surface area contributed by atoms with Crippen LogP contribution in [-0.2, 0) is 13.1 Å². The van der Waals surface area contributed by atoms with E-state index in [1.807, 2.05) is 26.0 Å². The van der Waals surface area contributed by atoms with Crippen LogP contribution in [0.3, 0.4) is 0 Å². The van der Waals surface area contributed by atoms with Crippen LogP contribution in [0.1, 0.15) is 43.9 Å². The number of benzene rings is 1. The molecule has 1 aliphatic heterocycles. The van der Waals surface area contributed by atoms with E-state index < -0.39 is 0 Å². The van der Waals surface area contributed by atoms with E-state index in [2.05, 4.69) is 16.1 Å². The van der Waals surface area contributed by atoms with Crippen molar-refractivity contribution in [2.24, 2.45) is 5.92 Å². The highest BCUT2D eigenvalue weighted by Gasteiger charge is 2.33. The molecule has 1 aromatic heterocycles. The molecule has 0 spiro atoms. The first kappa shape index (κ1) is 22.9. The average Bonchev–Trinajstić information content (AvgIpc) is 3.37. The van der Waals surface area contributed by atoms with Crippen LogP contribution in [0.5, 0.6) is 11.6 Å². The summed E-state index contributed by atoms with van der Waals surface area (Å²) in [5.74, 6) is 1.71. The van der Waals surface area contributed by atoms with Crippen LogP contribution in [0.4, 0.5) is 4.79 Å². The van der Waals surface area contributed by atoms with Crippen molar-refractivity contribution in [1.29, 1.82) is 0 Å². The fourth-order valence-electron chi connectivity index (χ4n) is 4.48. The zero-order chi connectivity index (χ0) is 22.7. The van der Waals surface area contributed by atoms with Gasteiger partial charge in [-0.1, -0.05) is 17.7 Å². The monoisotopic (exact) mass is 460 g/mol. The van der Waals surface area contributed by atoms with Gasteiger partial charge in [0.15, 0.2) is 0 Å². The van der Waals surface area contributed by atoms with E-state index in [0.29, 0.717) is 24.9 Å². The van der Waals surface area contributed by atoms with Gasteiger partial charge in [-0.15, -0.1) is 0 Å². The van der Waals surface area contributed by atoms with E-state index in [9.17, 15) is 4.79 Å². The van der Waals surface area contributed by atoms with Crippen LogP contribution < -0.4 is 9.47 Å². The normalized spacial score (nSPS) is 20.8. The Morgan fingerprint density at radius 2 is 2.00 bits per heavy atom. The molecule has 1 amide bonds. The highest BCUT2D eigenvalue weighted by molar-refractivity contribution is 6.31. The van der Waals surface area contributed by atoms with E-state index in [4.69, 9.17) is 21.1 Å². The number of nitrogens with zero attached hydrogens (tertiary/aromatic N) is 4. The largest absolute Gasteiger partial charge is 0.490 e. The summed E-state index contributed by atoms with van der Waals surface area (Å²) in [5.41, 5.74) is 1.99. The first-order valence-electron chi connectivity index (χ1n) is 11.6. The number of rotatable bonds is 8. The van der Waals surface area contributed by atoms with Gasteiger partial charge in [0.2, 0.25) is 5.88 Å². The summed E-state index contributed by atoms with van der Waals surface area (Å²) >= 11 is 6.50. The zero-order valence-electron chi connectivity index (χ0n) is 19.2. The molecular formula is C24H33ClN4O3. The Kier molecular flexibility index (Phi) is 7.26. The molecule has 0 unspecified atom stereocenters. The van der Waals surface area contributed by atoms with Gasteiger partial charge in [-0.2, -0.15) is 5.10 Å². The molecule has 32 heavy (non-hydrogen) atoms. The Hall–Kier alpha value is -2.25. The third-order valence-electron chi connectivity index (χ3n) is 6.31. The molecule has 0 radical (unpaired) electrons. The molecule has 1 aliphatic carbocycles. The minimum Gasteiger partial charge on any atom is -0.490 e. The smallest absolute Gasteiger partial charge is 0.416 e. The average molecular weight is 461 g/mol. The Morgan fingerprint density at radius 3 is 2.69 bits per heavy atom. The number of amides is 1. The molecular weight excluding hydrogens is 428 g/mol. The Labute approximate surface area is 195 Å². The standard InChI is InChI=1S/C24H33ClN4O3/c1-4-29-23(11-17(2)26-29)32-24(30)27(3)15-18-12-21(13-18)31-20-8-7-19(22(25)14-20)16-28-9-5-6-10-28/h7-8,11,14,18,21H,4-6,9-10,12-13,15-16H2,1-3H3. The maximum atomic E-state index is 12.4. The number of carbonyl (C=O) groups excluding carboxylic acids is 1. The summed E-state index contributed by atoms with van der Waals surface area (Å²) in [6.45, 7) is 8.38. The van der Waals surface area contributed by atoms with Crippen LogP contribution in [0.25, 0.3) is 0 Å². The molecule has 4 rings (SSSR count). The number of carbonyl (C=O) groups is 1. The molecule has 8 heteroatoms. The summed E-state index contributed by atoms with van der Waals surface area (Å²) in [5, 5.41) is 5.08. The van der Waals surface area contributed by atoms with Gasteiger partial charge < -0.3 is 14.4 Å². The molecule has 1 saturated carbocycles. The number of aromatic nitrogens is 2. The van der Waals surface area contributed by atoms with Gasteiger partial charge in [0.1, 0.15) is 5.75 Å². The number of hydrogen-bond acceptors (Lipinski definition) is 5. The highest BCUT2D eigenvalue weighted by atomic mass is 35.5. The first-order valence-corrected chi connectivity index (χ1v) is 11.9. The van der Waals surface area contributed by atoms with Gasteiger partial charge in [-0.05, 0) is 76.2 Å². The molecule has 0 atom stereocenters. The fourth-order valence-corrected chi connectivity index (χ4v) is 4.71. The van der Waals surface area contributed by atoms with Crippen molar-refractivity contribution in [3.63, 3.8) is 0 Å². The molecule has 7 nitrogen and oxygen atoms in total. The van der Waals surface area contributed by atoms with Crippen LogP contribution in [0.15, 0.2) is 24.3 Å². The lowest BCUT2D eigenvalue weighted by atomic mass is 9.82. The van der Waals surface area contributed by atoms with Crippen molar-refractivity contribution in [3.05, 3.63) is 40.5 Å². The Balaban J connectivity index is 1.21. The SMILES string of the molecule is CCn1nc(C)cc1OC(=O)N(C)CC1CC(Oc2ccc(CN3CCCC3)c(Cl)c2)C1. The summed E-state index contributed by atoms with van der Waals surface area (Å²) in [6.07, 6.45) is 4.18. The van der Waals surface area contributed by atoms with E-state index >= 15 is 0 Å². The lowest BCUT2D eigenvalue weighted by Gasteiger charge is -2.37. The predicted octanol–water partition coefficient (Wildman–Crippen LogP) is 4.75. The van der Waals surface area contributed by atoms with Crippen molar-refractivity contribution < 1.29 is 14.3 Å². The van der Waals surface area contributed by atoms with Crippen molar-refractivity contribution in [3.8, 4) is 11.6 Å². The molecule has 1 saturated heterocycles. The predicted molar refractivity (Wildman–Crippen MR) is 124 cm³/mol. The lowest BCUT2D eigenvalue weighted by Crippen LogP contribution is -2.42. The third-order valence-corrected chi connectivity index (χ3v) is 6.66. The fraction of sp³-hybridized carbons (Fsp3) is 0.583. The zero-order valence-corrected chi connectivity index (χ0v) is 20.0. The summed E-state index contributed by atoms with van der Waals surface area (Å²) < 4.78 is 13.3. The van der Waals surface area contributed by atoms with Crippen LogP contribution in [0, 0.1) is 12.8 Å². The first-order chi connectivity index (χ1) is 15.4. The lowest BCUT2D eigenvalue weighted by molar-refractivity contribution is 0.0480. The minimum atomic E-state index is -0.357. The van der Waals surface area contributed by atoms with Gasteiger partial charge in [0.25, 0.3) is 0 Å². The molecule has 0 N–H and O–H groups in total. The van der Waals surface area contributed by atoms with Gasteiger partial charge in [0, 0.05) is 37.8 Å². The molecule has 2 aliphatic rings. The number of hydrogen-bond donors (Lipinski definition) is 0. The topological polar surface area (TPSA) is 59.8 Å². The van der Waals surface area contributed by atoms with Gasteiger partial charge in [-0.3, -0.25) is 4.90 Å². The highest BCUT2D eigenvalue weighted by Crippen LogP contribution is 2.33. The number of aryl methyl sites for hydroxylation is 2. The number of likely N-dealkylation sites (tertiary alicyclic amines) is 1. The van der Waals surface area contributed by atoms with E-state index in [0.717, 1.165) is 54.5 Å². The minimum absolute atomic E-state index is 0.161. The Morgan fingerprint density at radius 1 is 1.25 bits per heavy atom. The number of halogens is 1. The third kappa shape index (κ3) is 5.56.